The number of anilines is 1. The number of rotatable bonds is 7. The Bertz CT molecular complexity index is 837. The van der Waals surface area contributed by atoms with Gasteiger partial charge in [-0.1, -0.05) is 18.2 Å². The molecule has 0 radical (unpaired) electrons. The molecule has 0 aliphatic carbocycles. The summed E-state index contributed by atoms with van der Waals surface area (Å²) in [5.74, 6) is 1.41. The van der Waals surface area contributed by atoms with E-state index in [0.717, 1.165) is 22.0 Å². The standard InChI is InChI=1S/C18H17N3O2S2/c1-23-14-6-4-5-13(11-14)15-12-25-18(20-15)21-16(22)8-10-24-17-7-2-3-9-19-17/h2-7,9,11-12H,8,10H2,1H3,(H,20,21,22). The fraction of sp³-hybridized carbons (Fsp3) is 0.167. The Balaban J connectivity index is 1.53. The highest BCUT2D eigenvalue weighted by atomic mass is 32.2. The van der Waals surface area contributed by atoms with Gasteiger partial charge in [0.1, 0.15) is 5.75 Å². The van der Waals surface area contributed by atoms with E-state index in [1.54, 1.807) is 25.1 Å². The minimum atomic E-state index is -0.0463. The molecule has 0 aliphatic heterocycles. The van der Waals surface area contributed by atoms with Gasteiger partial charge in [-0.2, -0.15) is 0 Å². The number of hydrogen-bond acceptors (Lipinski definition) is 6. The second-order valence-corrected chi connectivity index (χ2v) is 7.06. The Kier molecular flexibility index (Phi) is 6.03. The SMILES string of the molecule is COc1cccc(-c2csc(NC(=O)CCSc3ccccn3)n2)c1. The monoisotopic (exact) mass is 371 g/mol. The number of amides is 1. The first-order chi connectivity index (χ1) is 12.2. The lowest BCUT2D eigenvalue weighted by Crippen LogP contribution is -2.11. The average Bonchev–Trinajstić information content (AvgIpc) is 3.11. The van der Waals surface area contributed by atoms with Crippen LogP contribution in [-0.4, -0.2) is 28.7 Å². The van der Waals surface area contributed by atoms with Crippen LogP contribution >= 0.6 is 23.1 Å². The van der Waals surface area contributed by atoms with Crippen LogP contribution in [0.25, 0.3) is 11.3 Å². The number of methoxy groups -OCH3 is 1. The molecule has 128 valence electrons. The van der Waals surface area contributed by atoms with Gasteiger partial charge in [0.15, 0.2) is 5.13 Å². The molecule has 0 aliphatic rings. The van der Waals surface area contributed by atoms with E-state index in [2.05, 4.69) is 15.3 Å². The summed E-state index contributed by atoms with van der Waals surface area (Å²) >= 11 is 2.98. The van der Waals surface area contributed by atoms with Crippen molar-refractivity contribution in [1.29, 1.82) is 0 Å². The Morgan fingerprint density at radius 1 is 1.28 bits per heavy atom. The zero-order valence-electron chi connectivity index (χ0n) is 13.6. The van der Waals surface area contributed by atoms with Crippen molar-refractivity contribution in [3.63, 3.8) is 0 Å². The lowest BCUT2D eigenvalue weighted by molar-refractivity contribution is -0.115. The fourth-order valence-electron chi connectivity index (χ4n) is 2.11. The molecule has 1 amide bonds. The van der Waals surface area contributed by atoms with Crippen molar-refractivity contribution in [1.82, 2.24) is 9.97 Å². The minimum Gasteiger partial charge on any atom is -0.497 e. The Morgan fingerprint density at radius 3 is 3.00 bits per heavy atom. The zero-order chi connectivity index (χ0) is 17.5. The molecule has 3 rings (SSSR count). The summed E-state index contributed by atoms with van der Waals surface area (Å²) < 4.78 is 5.23. The first-order valence-electron chi connectivity index (χ1n) is 7.68. The molecule has 5 nitrogen and oxygen atoms in total. The number of carbonyl (C=O) groups excluding carboxylic acids is 1. The number of aromatic nitrogens is 2. The molecule has 0 saturated heterocycles. The normalized spacial score (nSPS) is 10.4. The smallest absolute Gasteiger partial charge is 0.226 e. The van der Waals surface area contributed by atoms with Gasteiger partial charge in [0.25, 0.3) is 0 Å². The molecule has 2 aromatic heterocycles. The summed E-state index contributed by atoms with van der Waals surface area (Å²) in [6, 6.07) is 13.4. The highest BCUT2D eigenvalue weighted by Gasteiger charge is 2.09. The van der Waals surface area contributed by atoms with Crippen LogP contribution in [0.3, 0.4) is 0 Å². The summed E-state index contributed by atoms with van der Waals surface area (Å²) in [6.45, 7) is 0. The zero-order valence-corrected chi connectivity index (χ0v) is 15.3. The molecule has 0 unspecified atom stereocenters. The van der Waals surface area contributed by atoms with Gasteiger partial charge < -0.3 is 10.1 Å². The molecule has 0 bridgehead atoms. The van der Waals surface area contributed by atoms with E-state index < -0.39 is 0 Å². The highest BCUT2D eigenvalue weighted by Crippen LogP contribution is 2.27. The van der Waals surface area contributed by atoms with E-state index in [1.165, 1.54) is 11.3 Å². The van der Waals surface area contributed by atoms with Crippen molar-refractivity contribution < 1.29 is 9.53 Å². The highest BCUT2D eigenvalue weighted by molar-refractivity contribution is 7.99. The Morgan fingerprint density at radius 2 is 2.20 bits per heavy atom. The third kappa shape index (κ3) is 5.04. The van der Waals surface area contributed by atoms with Crippen molar-refractivity contribution in [3.8, 4) is 17.0 Å². The van der Waals surface area contributed by atoms with E-state index in [0.29, 0.717) is 17.3 Å². The quantitative estimate of drug-likeness (QED) is 0.626. The lowest BCUT2D eigenvalue weighted by Gasteiger charge is -2.02. The maximum atomic E-state index is 12.1. The predicted molar refractivity (Wildman–Crippen MR) is 102 cm³/mol. The van der Waals surface area contributed by atoms with Gasteiger partial charge in [0.05, 0.1) is 17.8 Å². The van der Waals surface area contributed by atoms with E-state index in [1.807, 2.05) is 47.8 Å². The summed E-state index contributed by atoms with van der Waals surface area (Å²) in [6.07, 6.45) is 2.16. The number of nitrogens with zero attached hydrogens (tertiary/aromatic N) is 2. The van der Waals surface area contributed by atoms with Crippen LogP contribution in [0.1, 0.15) is 6.42 Å². The number of thioether (sulfide) groups is 1. The summed E-state index contributed by atoms with van der Waals surface area (Å²) in [5, 5.41) is 6.30. The van der Waals surface area contributed by atoms with Crippen LogP contribution in [0.2, 0.25) is 0 Å². The first kappa shape index (κ1) is 17.4. The number of ether oxygens (including phenoxy) is 1. The van der Waals surface area contributed by atoms with Crippen molar-refractivity contribution in [2.24, 2.45) is 0 Å². The van der Waals surface area contributed by atoms with Crippen molar-refractivity contribution in [2.75, 3.05) is 18.2 Å². The molecule has 0 spiro atoms. The van der Waals surface area contributed by atoms with Gasteiger partial charge in [-0.05, 0) is 24.3 Å². The molecule has 0 atom stereocenters. The second-order valence-electron chi connectivity index (χ2n) is 5.08. The summed E-state index contributed by atoms with van der Waals surface area (Å²) in [7, 11) is 1.63. The topological polar surface area (TPSA) is 64.1 Å². The van der Waals surface area contributed by atoms with Crippen LogP contribution in [0, 0.1) is 0 Å². The molecular weight excluding hydrogens is 354 g/mol. The van der Waals surface area contributed by atoms with Crippen molar-refractivity contribution in [3.05, 3.63) is 54.0 Å². The maximum absolute atomic E-state index is 12.1. The number of thiazole rings is 1. The largest absolute Gasteiger partial charge is 0.497 e. The second kappa shape index (κ2) is 8.64. The average molecular weight is 371 g/mol. The van der Waals surface area contributed by atoms with Crippen molar-refractivity contribution >= 4 is 34.1 Å². The molecule has 3 aromatic rings. The van der Waals surface area contributed by atoms with Gasteiger partial charge in [-0.15, -0.1) is 23.1 Å². The molecule has 7 heteroatoms. The molecule has 0 fully saturated rings. The van der Waals surface area contributed by atoms with Crippen LogP contribution < -0.4 is 10.1 Å². The number of pyridine rings is 1. The van der Waals surface area contributed by atoms with Gasteiger partial charge in [-0.3, -0.25) is 4.79 Å². The third-order valence-electron chi connectivity index (χ3n) is 3.33. The van der Waals surface area contributed by atoms with E-state index >= 15 is 0 Å². The Hall–Kier alpha value is -2.38. The number of benzene rings is 1. The minimum absolute atomic E-state index is 0.0463. The maximum Gasteiger partial charge on any atom is 0.226 e. The van der Waals surface area contributed by atoms with Crippen LogP contribution in [0.5, 0.6) is 5.75 Å². The molecule has 2 heterocycles. The molecule has 25 heavy (non-hydrogen) atoms. The van der Waals surface area contributed by atoms with Crippen LogP contribution in [0.15, 0.2) is 59.1 Å². The predicted octanol–water partition coefficient (Wildman–Crippen LogP) is 4.33. The lowest BCUT2D eigenvalue weighted by atomic mass is 10.2. The van der Waals surface area contributed by atoms with Crippen LogP contribution in [-0.2, 0) is 4.79 Å². The summed E-state index contributed by atoms with van der Waals surface area (Å²) in [5.41, 5.74) is 1.78. The fourth-order valence-corrected chi connectivity index (χ4v) is 3.65. The van der Waals surface area contributed by atoms with Gasteiger partial charge in [0.2, 0.25) is 5.91 Å². The van der Waals surface area contributed by atoms with E-state index in [-0.39, 0.29) is 5.91 Å². The van der Waals surface area contributed by atoms with E-state index in [9.17, 15) is 4.79 Å². The number of hydrogen-bond donors (Lipinski definition) is 1. The molecular formula is C18H17N3O2S2. The van der Waals surface area contributed by atoms with Gasteiger partial charge in [-0.25, -0.2) is 9.97 Å². The molecule has 1 aromatic carbocycles. The summed E-state index contributed by atoms with van der Waals surface area (Å²) in [4.78, 5) is 20.7. The number of carbonyl (C=O) groups is 1. The van der Waals surface area contributed by atoms with Crippen molar-refractivity contribution in [2.45, 2.75) is 11.4 Å². The molecule has 1 N–H and O–H groups in total. The number of nitrogens with one attached hydrogen (secondary N) is 1. The molecule has 0 saturated carbocycles. The van der Waals surface area contributed by atoms with Gasteiger partial charge >= 0.3 is 0 Å². The van der Waals surface area contributed by atoms with Crippen LogP contribution in [0.4, 0.5) is 5.13 Å². The third-order valence-corrected chi connectivity index (χ3v) is 5.04. The first-order valence-corrected chi connectivity index (χ1v) is 9.55. The Labute approximate surface area is 154 Å². The van der Waals surface area contributed by atoms with E-state index in [4.69, 9.17) is 4.74 Å². The van der Waals surface area contributed by atoms with Gasteiger partial charge in [0, 0.05) is 29.3 Å².